The van der Waals surface area contributed by atoms with Gasteiger partial charge in [0, 0.05) is 30.6 Å². The first-order chi connectivity index (χ1) is 14.0. The van der Waals surface area contributed by atoms with Crippen LogP contribution in [0.15, 0.2) is 0 Å². The van der Waals surface area contributed by atoms with Crippen molar-refractivity contribution >= 4 is 6.29 Å². The third kappa shape index (κ3) is 2.39. The van der Waals surface area contributed by atoms with Crippen LogP contribution in [0.5, 0.6) is 0 Å². The molecule has 7 atom stereocenters. The molecule has 2 saturated heterocycles. The van der Waals surface area contributed by atoms with Gasteiger partial charge in [-0.05, 0) is 61.2 Å². The maximum atomic E-state index is 12.4. The van der Waals surface area contributed by atoms with Crippen molar-refractivity contribution in [1.82, 2.24) is 0 Å². The Morgan fingerprint density at radius 2 is 1.52 bits per heavy atom. The molecular formula is C24H36O5. The lowest BCUT2D eigenvalue weighted by atomic mass is 9.42. The average molecular weight is 405 g/mol. The highest BCUT2D eigenvalue weighted by Crippen LogP contribution is 2.71. The predicted octanol–water partition coefficient (Wildman–Crippen LogP) is 3.94. The van der Waals surface area contributed by atoms with E-state index in [0.29, 0.717) is 29.1 Å². The van der Waals surface area contributed by atoms with Gasteiger partial charge in [0.15, 0.2) is 11.6 Å². The molecule has 0 aromatic heterocycles. The number of hydrogen-bond donors (Lipinski definition) is 0. The van der Waals surface area contributed by atoms with Gasteiger partial charge in [0.25, 0.3) is 0 Å². The summed E-state index contributed by atoms with van der Waals surface area (Å²) in [6.07, 6.45) is 9.91. The lowest BCUT2D eigenvalue weighted by Gasteiger charge is -2.63. The van der Waals surface area contributed by atoms with Gasteiger partial charge in [0.2, 0.25) is 0 Å². The van der Waals surface area contributed by atoms with E-state index in [1.54, 1.807) is 0 Å². The first-order valence-electron chi connectivity index (χ1n) is 12.0. The molecule has 2 heterocycles. The molecule has 1 unspecified atom stereocenters. The molecule has 6 aliphatic rings. The highest BCUT2D eigenvalue weighted by molar-refractivity contribution is 5.55. The molecular weight excluding hydrogens is 368 g/mol. The van der Waals surface area contributed by atoms with Gasteiger partial charge in [-0.1, -0.05) is 13.8 Å². The Labute approximate surface area is 174 Å². The summed E-state index contributed by atoms with van der Waals surface area (Å²) in [5.74, 6) is 1.53. The Morgan fingerprint density at radius 3 is 2.24 bits per heavy atom. The summed E-state index contributed by atoms with van der Waals surface area (Å²) >= 11 is 0. The Morgan fingerprint density at radius 1 is 0.828 bits per heavy atom. The summed E-state index contributed by atoms with van der Waals surface area (Å²) < 4.78 is 24.7. The first-order valence-corrected chi connectivity index (χ1v) is 12.0. The topological polar surface area (TPSA) is 54.0 Å². The summed E-state index contributed by atoms with van der Waals surface area (Å²) in [5, 5.41) is 0. The van der Waals surface area contributed by atoms with Crippen LogP contribution in [0, 0.1) is 40.4 Å². The van der Waals surface area contributed by atoms with Crippen LogP contribution in [0.2, 0.25) is 0 Å². The van der Waals surface area contributed by atoms with Gasteiger partial charge in [-0.3, -0.25) is 0 Å². The predicted molar refractivity (Wildman–Crippen MR) is 106 cm³/mol. The van der Waals surface area contributed by atoms with E-state index in [1.807, 2.05) is 0 Å². The van der Waals surface area contributed by atoms with E-state index in [2.05, 4.69) is 13.8 Å². The van der Waals surface area contributed by atoms with Gasteiger partial charge < -0.3 is 23.7 Å². The van der Waals surface area contributed by atoms with Crippen molar-refractivity contribution in [1.29, 1.82) is 0 Å². The summed E-state index contributed by atoms with van der Waals surface area (Å²) in [6, 6.07) is 0. The molecule has 4 saturated carbocycles. The van der Waals surface area contributed by atoms with Crippen molar-refractivity contribution < 1.29 is 23.7 Å². The van der Waals surface area contributed by atoms with Gasteiger partial charge >= 0.3 is 0 Å². The minimum atomic E-state index is -0.393. The molecule has 5 nitrogen and oxygen atoms in total. The molecule has 4 aliphatic carbocycles. The highest BCUT2D eigenvalue weighted by atomic mass is 16.7. The lowest BCUT2D eigenvalue weighted by Crippen LogP contribution is -2.60. The normalized spacial score (nSPS) is 52.3. The molecule has 0 bridgehead atoms. The monoisotopic (exact) mass is 404 g/mol. The lowest BCUT2D eigenvalue weighted by molar-refractivity contribution is -0.262. The molecule has 5 heteroatoms. The Balaban J connectivity index is 1.34. The highest BCUT2D eigenvalue weighted by Gasteiger charge is 2.69. The minimum absolute atomic E-state index is 0.0443. The zero-order chi connectivity index (χ0) is 19.9. The van der Waals surface area contributed by atoms with Crippen molar-refractivity contribution in [2.45, 2.75) is 76.8 Å². The standard InChI is InChI=1S/C24H36O5/c1-21-7-8-23(26-9-10-27-23)14-17(21)13-16(15-25)20-18(21)3-5-22(2)19(20)4-6-24(22)28-11-12-29-24/h15-20H,3-14H2,1-2H3/t16-,17?,18-,19-,20+,21-,22-/m0/s1. The van der Waals surface area contributed by atoms with Gasteiger partial charge in [0.1, 0.15) is 6.29 Å². The zero-order valence-electron chi connectivity index (χ0n) is 18.0. The SMILES string of the molecule is C[C@]12CCC3(CC1C[C@@H](C=O)[C@@H]1[C@@H]2CC[C@@]2(C)[C@H]1CCC21OCCO1)OCCO3. The molecule has 0 N–H and O–H groups in total. The van der Waals surface area contributed by atoms with E-state index in [4.69, 9.17) is 18.9 Å². The van der Waals surface area contributed by atoms with Crippen LogP contribution >= 0.6 is 0 Å². The zero-order valence-corrected chi connectivity index (χ0v) is 18.0. The molecule has 6 rings (SSSR count). The third-order valence-corrected chi connectivity index (χ3v) is 10.6. The van der Waals surface area contributed by atoms with Crippen LogP contribution in [0.3, 0.4) is 0 Å². The summed E-state index contributed by atoms with van der Waals surface area (Å²) in [4.78, 5) is 12.4. The number of fused-ring (bicyclic) bond motifs is 6. The molecule has 6 fully saturated rings. The Bertz CT molecular complexity index is 681. The molecule has 2 spiro atoms. The van der Waals surface area contributed by atoms with E-state index >= 15 is 0 Å². The Hall–Kier alpha value is -0.490. The second-order valence-electron chi connectivity index (χ2n) is 11.3. The first kappa shape index (κ1) is 19.2. The number of rotatable bonds is 1. The molecule has 2 aliphatic heterocycles. The van der Waals surface area contributed by atoms with Crippen LogP contribution in [0.4, 0.5) is 0 Å². The van der Waals surface area contributed by atoms with Gasteiger partial charge in [0.05, 0.1) is 26.4 Å². The summed E-state index contributed by atoms with van der Waals surface area (Å²) in [6.45, 7) is 7.79. The van der Waals surface area contributed by atoms with Crippen molar-refractivity contribution in [3.63, 3.8) is 0 Å². The molecule has 0 aromatic carbocycles. The van der Waals surface area contributed by atoms with E-state index in [0.717, 1.165) is 71.4 Å². The number of carbonyl (C=O) groups excluding carboxylic acids is 1. The molecule has 29 heavy (non-hydrogen) atoms. The average Bonchev–Trinajstić information content (AvgIpc) is 3.44. The van der Waals surface area contributed by atoms with Crippen LogP contribution < -0.4 is 0 Å². The van der Waals surface area contributed by atoms with Crippen LogP contribution in [0.1, 0.15) is 65.2 Å². The van der Waals surface area contributed by atoms with Crippen LogP contribution in [-0.2, 0) is 23.7 Å². The smallest absolute Gasteiger partial charge is 0.174 e. The van der Waals surface area contributed by atoms with Crippen LogP contribution in [-0.4, -0.2) is 44.3 Å². The van der Waals surface area contributed by atoms with E-state index < -0.39 is 5.79 Å². The summed E-state index contributed by atoms with van der Waals surface area (Å²) in [7, 11) is 0. The quantitative estimate of drug-likeness (QED) is 0.620. The fourth-order valence-electron chi connectivity index (χ4n) is 9.05. The fraction of sp³-hybridized carbons (Fsp3) is 0.958. The largest absolute Gasteiger partial charge is 0.348 e. The molecule has 0 aromatic rings. The van der Waals surface area contributed by atoms with E-state index in [-0.39, 0.29) is 17.1 Å². The number of aldehydes is 1. The number of ether oxygens (including phenoxy) is 4. The number of hydrogen-bond acceptors (Lipinski definition) is 5. The third-order valence-electron chi connectivity index (χ3n) is 10.6. The van der Waals surface area contributed by atoms with Gasteiger partial charge in [-0.2, -0.15) is 0 Å². The maximum absolute atomic E-state index is 12.4. The summed E-state index contributed by atoms with van der Waals surface area (Å²) in [5.41, 5.74) is 0.335. The van der Waals surface area contributed by atoms with E-state index in [9.17, 15) is 4.79 Å². The van der Waals surface area contributed by atoms with Crippen molar-refractivity contribution in [3.8, 4) is 0 Å². The van der Waals surface area contributed by atoms with Gasteiger partial charge in [-0.15, -0.1) is 0 Å². The second-order valence-corrected chi connectivity index (χ2v) is 11.3. The Kier molecular flexibility index (Phi) is 4.16. The van der Waals surface area contributed by atoms with E-state index in [1.165, 1.54) is 12.7 Å². The van der Waals surface area contributed by atoms with Crippen LogP contribution in [0.25, 0.3) is 0 Å². The van der Waals surface area contributed by atoms with Gasteiger partial charge in [-0.25, -0.2) is 0 Å². The maximum Gasteiger partial charge on any atom is 0.174 e. The van der Waals surface area contributed by atoms with Crippen molar-refractivity contribution in [3.05, 3.63) is 0 Å². The second kappa shape index (κ2) is 6.27. The number of carbonyl (C=O) groups is 1. The fourth-order valence-corrected chi connectivity index (χ4v) is 9.05. The van der Waals surface area contributed by atoms with Crippen molar-refractivity contribution in [2.24, 2.45) is 40.4 Å². The molecule has 0 amide bonds. The molecule has 0 radical (unpaired) electrons. The van der Waals surface area contributed by atoms with Crippen molar-refractivity contribution in [2.75, 3.05) is 26.4 Å². The molecule has 162 valence electrons. The minimum Gasteiger partial charge on any atom is -0.348 e.